The Kier molecular flexibility index (Phi) is 4.49. The zero-order valence-electron chi connectivity index (χ0n) is 12.3. The summed E-state index contributed by atoms with van der Waals surface area (Å²) in [7, 11) is 3.38. The van der Waals surface area contributed by atoms with E-state index in [1.807, 2.05) is 25.1 Å². The SMILES string of the molecule is COc1ccc(CC(C)N)cc1OC1CCN(C)C1=O. The van der Waals surface area contributed by atoms with Gasteiger partial charge in [-0.15, -0.1) is 0 Å². The first kappa shape index (κ1) is 14.7. The lowest BCUT2D eigenvalue weighted by atomic mass is 10.1. The van der Waals surface area contributed by atoms with Crippen LogP contribution in [0.4, 0.5) is 0 Å². The van der Waals surface area contributed by atoms with Crippen molar-refractivity contribution >= 4 is 5.91 Å². The van der Waals surface area contributed by atoms with E-state index < -0.39 is 6.10 Å². The number of nitrogens with two attached hydrogens (primary N) is 1. The summed E-state index contributed by atoms with van der Waals surface area (Å²) in [5.74, 6) is 1.27. The molecule has 1 amide bonds. The fraction of sp³-hybridized carbons (Fsp3) is 0.533. The van der Waals surface area contributed by atoms with Gasteiger partial charge in [-0.05, 0) is 31.0 Å². The molecule has 1 aromatic rings. The van der Waals surface area contributed by atoms with Crippen LogP contribution in [0.2, 0.25) is 0 Å². The van der Waals surface area contributed by atoms with E-state index in [0.717, 1.165) is 18.5 Å². The zero-order chi connectivity index (χ0) is 14.7. The third-order valence-electron chi connectivity index (χ3n) is 3.43. The molecule has 2 atom stereocenters. The fourth-order valence-corrected chi connectivity index (χ4v) is 2.36. The van der Waals surface area contributed by atoms with Gasteiger partial charge < -0.3 is 20.1 Å². The molecule has 2 N–H and O–H groups in total. The van der Waals surface area contributed by atoms with Gasteiger partial charge in [-0.1, -0.05) is 6.07 Å². The van der Waals surface area contributed by atoms with Gasteiger partial charge in [0.15, 0.2) is 17.6 Å². The van der Waals surface area contributed by atoms with Crippen molar-refractivity contribution in [2.75, 3.05) is 20.7 Å². The first-order valence-corrected chi connectivity index (χ1v) is 6.85. The fourth-order valence-electron chi connectivity index (χ4n) is 2.36. The van der Waals surface area contributed by atoms with Gasteiger partial charge in [-0.3, -0.25) is 4.79 Å². The summed E-state index contributed by atoms with van der Waals surface area (Å²) in [6, 6.07) is 5.82. The second-order valence-corrected chi connectivity index (χ2v) is 5.32. The number of carbonyl (C=O) groups is 1. The zero-order valence-corrected chi connectivity index (χ0v) is 12.3. The van der Waals surface area contributed by atoms with Gasteiger partial charge >= 0.3 is 0 Å². The van der Waals surface area contributed by atoms with E-state index in [0.29, 0.717) is 17.9 Å². The number of nitrogens with zero attached hydrogens (tertiary/aromatic N) is 1. The first-order chi connectivity index (χ1) is 9.51. The van der Waals surface area contributed by atoms with Crippen LogP contribution in [0.25, 0.3) is 0 Å². The Balaban J connectivity index is 2.18. The van der Waals surface area contributed by atoms with Crippen LogP contribution in [-0.2, 0) is 11.2 Å². The number of amides is 1. The average molecular weight is 278 g/mol. The van der Waals surface area contributed by atoms with Crippen molar-refractivity contribution < 1.29 is 14.3 Å². The predicted molar refractivity (Wildman–Crippen MR) is 77.0 cm³/mol. The molecule has 1 aliphatic heterocycles. The van der Waals surface area contributed by atoms with E-state index >= 15 is 0 Å². The summed E-state index contributed by atoms with van der Waals surface area (Å²) in [6.45, 7) is 2.69. The topological polar surface area (TPSA) is 64.8 Å². The van der Waals surface area contributed by atoms with E-state index in [-0.39, 0.29) is 11.9 Å². The van der Waals surface area contributed by atoms with Crippen molar-refractivity contribution in [1.82, 2.24) is 4.90 Å². The second-order valence-electron chi connectivity index (χ2n) is 5.32. The third kappa shape index (κ3) is 3.22. The molecule has 0 aromatic heterocycles. The molecule has 5 nitrogen and oxygen atoms in total. The Morgan fingerprint density at radius 2 is 2.20 bits per heavy atom. The molecule has 110 valence electrons. The number of hydrogen-bond donors (Lipinski definition) is 1. The van der Waals surface area contributed by atoms with Crippen LogP contribution in [0.3, 0.4) is 0 Å². The number of ether oxygens (including phenoxy) is 2. The van der Waals surface area contributed by atoms with Gasteiger partial charge in [-0.2, -0.15) is 0 Å². The van der Waals surface area contributed by atoms with Crippen molar-refractivity contribution in [3.63, 3.8) is 0 Å². The number of benzene rings is 1. The van der Waals surface area contributed by atoms with Crippen molar-refractivity contribution in [3.05, 3.63) is 23.8 Å². The molecule has 0 radical (unpaired) electrons. The molecule has 2 unspecified atom stereocenters. The predicted octanol–water partition coefficient (Wildman–Crippen LogP) is 1.19. The molecule has 0 aliphatic carbocycles. The Hall–Kier alpha value is -1.75. The standard InChI is InChI=1S/C15H22N2O3/c1-10(16)8-11-4-5-12(19-3)14(9-11)20-13-6-7-17(2)15(13)18/h4-5,9-10,13H,6-8,16H2,1-3H3. The van der Waals surface area contributed by atoms with E-state index in [2.05, 4.69) is 0 Å². The number of rotatable bonds is 5. The van der Waals surface area contributed by atoms with Crippen molar-refractivity contribution in [1.29, 1.82) is 0 Å². The summed E-state index contributed by atoms with van der Waals surface area (Å²) in [6.07, 6.45) is 1.05. The maximum Gasteiger partial charge on any atom is 0.263 e. The van der Waals surface area contributed by atoms with E-state index in [4.69, 9.17) is 15.2 Å². The van der Waals surface area contributed by atoms with E-state index in [1.54, 1.807) is 19.1 Å². The molecule has 1 heterocycles. The number of hydrogen-bond acceptors (Lipinski definition) is 4. The van der Waals surface area contributed by atoms with Crippen LogP contribution in [0.1, 0.15) is 18.9 Å². The molecule has 20 heavy (non-hydrogen) atoms. The lowest BCUT2D eigenvalue weighted by Gasteiger charge is -2.17. The van der Waals surface area contributed by atoms with E-state index in [9.17, 15) is 4.79 Å². The normalized spacial score (nSPS) is 20.1. The van der Waals surface area contributed by atoms with Crippen LogP contribution in [0.5, 0.6) is 11.5 Å². The highest BCUT2D eigenvalue weighted by molar-refractivity contribution is 5.83. The molecule has 1 aliphatic rings. The van der Waals surface area contributed by atoms with Gasteiger partial charge in [0.2, 0.25) is 0 Å². The van der Waals surface area contributed by atoms with Crippen LogP contribution >= 0.6 is 0 Å². The summed E-state index contributed by atoms with van der Waals surface area (Å²) < 4.78 is 11.1. The Labute approximate surface area is 119 Å². The summed E-state index contributed by atoms with van der Waals surface area (Å²) in [4.78, 5) is 13.6. The quantitative estimate of drug-likeness (QED) is 0.879. The molecular formula is C15H22N2O3. The van der Waals surface area contributed by atoms with Crippen LogP contribution < -0.4 is 15.2 Å². The van der Waals surface area contributed by atoms with Gasteiger partial charge in [0.05, 0.1) is 7.11 Å². The highest BCUT2D eigenvalue weighted by Gasteiger charge is 2.31. The lowest BCUT2D eigenvalue weighted by Crippen LogP contribution is -2.29. The lowest BCUT2D eigenvalue weighted by molar-refractivity contribution is -0.132. The molecule has 1 saturated heterocycles. The van der Waals surface area contributed by atoms with Crippen LogP contribution in [0, 0.1) is 0 Å². The van der Waals surface area contributed by atoms with Gasteiger partial charge in [-0.25, -0.2) is 0 Å². The summed E-state index contributed by atoms with van der Waals surface area (Å²) in [5.41, 5.74) is 6.89. The van der Waals surface area contributed by atoms with Gasteiger partial charge in [0.25, 0.3) is 5.91 Å². The highest BCUT2D eigenvalue weighted by atomic mass is 16.5. The number of likely N-dealkylation sites (tertiary alicyclic amines) is 1. The molecule has 2 rings (SSSR count). The molecule has 0 bridgehead atoms. The van der Waals surface area contributed by atoms with Crippen molar-refractivity contribution in [2.45, 2.75) is 31.9 Å². The molecular weight excluding hydrogens is 256 g/mol. The maximum absolute atomic E-state index is 11.9. The van der Waals surface area contributed by atoms with E-state index in [1.165, 1.54) is 0 Å². The minimum absolute atomic E-state index is 0.0182. The minimum atomic E-state index is -0.417. The number of methoxy groups -OCH3 is 1. The molecule has 1 aromatic carbocycles. The van der Waals surface area contributed by atoms with Gasteiger partial charge in [0, 0.05) is 26.1 Å². The third-order valence-corrected chi connectivity index (χ3v) is 3.43. The Morgan fingerprint density at radius 1 is 1.45 bits per heavy atom. The molecule has 0 spiro atoms. The molecule has 0 saturated carbocycles. The average Bonchev–Trinajstić information content (AvgIpc) is 2.70. The summed E-state index contributed by atoms with van der Waals surface area (Å²) >= 11 is 0. The Morgan fingerprint density at radius 3 is 2.75 bits per heavy atom. The van der Waals surface area contributed by atoms with Gasteiger partial charge in [0.1, 0.15) is 0 Å². The van der Waals surface area contributed by atoms with Crippen molar-refractivity contribution in [3.8, 4) is 11.5 Å². The highest BCUT2D eigenvalue weighted by Crippen LogP contribution is 2.31. The smallest absolute Gasteiger partial charge is 0.263 e. The first-order valence-electron chi connectivity index (χ1n) is 6.85. The monoisotopic (exact) mass is 278 g/mol. The second kappa shape index (κ2) is 6.13. The molecule has 1 fully saturated rings. The maximum atomic E-state index is 11.9. The Bertz CT molecular complexity index is 488. The number of carbonyl (C=O) groups excluding carboxylic acids is 1. The van der Waals surface area contributed by atoms with Crippen LogP contribution in [-0.4, -0.2) is 43.7 Å². The number of likely N-dealkylation sites (N-methyl/N-ethyl adjacent to an activating group) is 1. The summed E-state index contributed by atoms with van der Waals surface area (Å²) in [5, 5.41) is 0. The minimum Gasteiger partial charge on any atom is -0.493 e. The van der Waals surface area contributed by atoms with Crippen molar-refractivity contribution in [2.24, 2.45) is 5.73 Å². The molecule has 5 heteroatoms. The largest absolute Gasteiger partial charge is 0.493 e. The van der Waals surface area contributed by atoms with Crippen LogP contribution in [0.15, 0.2) is 18.2 Å².